The number of hydrogen-bond acceptors (Lipinski definition) is 6. The van der Waals surface area contributed by atoms with Crippen LogP contribution in [-0.2, 0) is 23.9 Å². The van der Waals surface area contributed by atoms with Crippen molar-refractivity contribution >= 4 is 23.6 Å². The van der Waals surface area contributed by atoms with Crippen LogP contribution in [0, 0.1) is 17.8 Å². The lowest BCUT2D eigenvalue weighted by Crippen LogP contribution is -2.58. The molecule has 4 amide bonds. The van der Waals surface area contributed by atoms with E-state index >= 15 is 0 Å². The van der Waals surface area contributed by atoms with E-state index in [0.29, 0.717) is 31.6 Å². The Balaban J connectivity index is 2.29. The third-order valence-electron chi connectivity index (χ3n) is 7.08. The Morgan fingerprint density at radius 1 is 1.21 bits per heavy atom. The van der Waals surface area contributed by atoms with E-state index in [-0.39, 0.29) is 23.7 Å². The second-order valence-corrected chi connectivity index (χ2v) is 10.1. The fourth-order valence-corrected chi connectivity index (χ4v) is 4.92. The van der Waals surface area contributed by atoms with Crippen molar-refractivity contribution in [2.45, 2.75) is 85.0 Å². The van der Waals surface area contributed by atoms with Crippen molar-refractivity contribution in [2.75, 3.05) is 20.7 Å². The molecule has 0 spiro atoms. The molecule has 5 atom stereocenters. The fraction of sp³-hybridized carbons (Fsp3) is 0.760. The number of likely N-dealkylation sites (tertiary alicyclic amines) is 1. The Morgan fingerprint density at radius 2 is 1.82 bits per heavy atom. The third-order valence-corrected chi connectivity index (χ3v) is 7.08. The van der Waals surface area contributed by atoms with E-state index in [1.54, 1.807) is 6.92 Å². The van der Waals surface area contributed by atoms with Gasteiger partial charge in [0.15, 0.2) is 0 Å². The zero-order valence-electron chi connectivity index (χ0n) is 21.8. The molecule has 0 unspecified atom stereocenters. The molecule has 9 heteroatoms. The number of amides is 4. The fourth-order valence-electron chi connectivity index (χ4n) is 4.92. The Hall–Kier alpha value is -2.42. The van der Waals surface area contributed by atoms with Crippen LogP contribution in [-0.4, -0.2) is 88.4 Å². The summed E-state index contributed by atoms with van der Waals surface area (Å²) < 4.78 is 5.35. The summed E-state index contributed by atoms with van der Waals surface area (Å²) >= 11 is 0. The van der Waals surface area contributed by atoms with E-state index < -0.39 is 42.0 Å². The van der Waals surface area contributed by atoms with Gasteiger partial charge in [0.1, 0.15) is 23.9 Å². The molecule has 0 aliphatic carbocycles. The van der Waals surface area contributed by atoms with Gasteiger partial charge in [-0.2, -0.15) is 0 Å². The third kappa shape index (κ3) is 5.29. The van der Waals surface area contributed by atoms with Gasteiger partial charge in [-0.25, -0.2) is 0 Å². The molecule has 0 aromatic rings. The number of aliphatic hydroxyl groups excluding tert-OH is 1. The number of carbonyl (C=O) groups is 4. The summed E-state index contributed by atoms with van der Waals surface area (Å²) in [5, 5.41) is 10.4. The quantitative estimate of drug-likeness (QED) is 0.505. The SMILES string of the molecule is CC[C@H](C)[C@H](O)C(=O)N(C)[C@H](C(=O)N1CCC[C@H]1C(=O)N1C(=O)C=C(OC)[C@@H]1C(C)C)C(C)C. The molecule has 9 nitrogen and oxygen atoms in total. The number of rotatable bonds is 9. The second-order valence-electron chi connectivity index (χ2n) is 10.1. The summed E-state index contributed by atoms with van der Waals surface area (Å²) in [4.78, 5) is 56.9. The van der Waals surface area contributed by atoms with E-state index in [9.17, 15) is 24.3 Å². The lowest BCUT2D eigenvalue weighted by atomic mass is 9.96. The van der Waals surface area contributed by atoms with E-state index in [1.807, 2.05) is 34.6 Å². The van der Waals surface area contributed by atoms with Crippen LogP contribution in [0.3, 0.4) is 0 Å². The van der Waals surface area contributed by atoms with Crippen molar-refractivity contribution in [3.63, 3.8) is 0 Å². The zero-order valence-corrected chi connectivity index (χ0v) is 21.8. The minimum atomic E-state index is -1.20. The van der Waals surface area contributed by atoms with E-state index in [4.69, 9.17) is 4.74 Å². The molecule has 2 rings (SSSR count). The number of aliphatic hydroxyl groups is 1. The minimum Gasteiger partial charge on any atom is -0.499 e. The number of ether oxygens (including phenoxy) is 1. The van der Waals surface area contributed by atoms with Gasteiger partial charge >= 0.3 is 0 Å². The smallest absolute Gasteiger partial charge is 0.257 e. The maximum atomic E-state index is 13.7. The molecule has 0 aromatic carbocycles. The van der Waals surface area contributed by atoms with Crippen LogP contribution < -0.4 is 0 Å². The molecule has 0 radical (unpaired) electrons. The highest BCUT2D eigenvalue weighted by atomic mass is 16.5. The average molecular weight is 480 g/mol. The Labute approximate surface area is 203 Å². The Bertz CT molecular complexity index is 823. The first-order chi connectivity index (χ1) is 15.9. The lowest BCUT2D eigenvalue weighted by Gasteiger charge is -2.38. The molecule has 1 N–H and O–H groups in total. The van der Waals surface area contributed by atoms with Gasteiger partial charge in [-0.05, 0) is 30.6 Å². The van der Waals surface area contributed by atoms with Crippen LogP contribution in [0.5, 0.6) is 0 Å². The maximum absolute atomic E-state index is 13.7. The molecule has 2 aliphatic heterocycles. The van der Waals surface area contributed by atoms with Crippen LogP contribution in [0.1, 0.15) is 60.8 Å². The number of imide groups is 1. The van der Waals surface area contributed by atoms with E-state index in [0.717, 1.165) is 0 Å². The maximum Gasteiger partial charge on any atom is 0.257 e. The van der Waals surface area contributed by atoms with Gasteiger partial charge in [0.05, 0.1) is 13.2 Å². The van der Waals surface area contributed by atoms with Crippen molar-refractivity contribution in [2.24, 2.45) is 17.8 Å². The van der Waals surface area contributed by atoms with Gasteiger partial charge in [0.25, 0.3) is 17.7 Å². The Morgan fingerprint density at radius 3 is 2.32 bits per heavy atom. The number of carbonyl (C=O) groups excluding carboxylic acids is 4. The predicted octanol–water partition coefficient (Wildman–Crippen LogP) is 1.79. The molecule has 192 valence electrons. The second kappa shape index (κ2) is 11.3. The molecule has 1 saturated heterocycles. The minimum absolute atomic E-state index is 0.0543. The van der Waals surface area contributed by atoms with Crippen LogP contribution in [0.2, 0.25) is 0 Å². The molecule has 34 heavy (non-hydrogen) atoms. The zero-order chi connectivity index (χ0) is 25.9. The molecule has 0 aromatic heterocycles. The van der Waals surface area contributed by atoms with Gasteiger partial charge in [-0.3, -0.25) is 24.1 Å². The summed E-state index contributed by atoms with van der Waals surface area (Å²) in [6.07, 6.45) is 1.83. The van der Waals surface area contributed by atoms with E-state index in [1.165, 1.54) is 34.9 Å². The summed E-state index contributed by atoms with van der Waals surface area (Å²) in [6.45, 7) is 11.5. The van der Waals surface area contributed by atoms with Gasteiger partial charge < -0.3 is 19.6 Å². The monoisotopic (exact) mass is 479 g/mol. The topological polar surface area (TPSA) is 107 Å². The van der Waals surface area contributed by atoms with Crippen LogP contribution in [0.4, 0.5) is 0 Å². The highest BCUT2D eigenvalue weighted by Gasteiger charge is 2.47. The highest BCUT2D eigenvalue weighted by Crippen LogP contribution is 2.31. The standard InChI is InChI=1S/C25H41N3O6/c1-9-16(6)22(30)25(33)26(7)21(15(4)5)24(32)27-12-10-11-17(27)23(31)28-19(29)13-18(34-8)20(28)14(2)3/h13-17,20-22,30H,9-12H2,1-8H3/t16-,17-,20-,21-,22-/m0/s1. The summed E-state index contributed by atoms with van der Waals surface area (Å²) in [5.74, 6) is -1.80. The molecule has 2 heterocycles. The van der Waals surface area contributed by atoms with Crippen molar-refractivity contribution in [1.29, 1.82) is 0 Å². The average Bonchev–Trinajstić information content (AvgIpc) is 3.41. The van der Waals surface area contributed by atoms with Gasteiger partial charge in [0.2, 0.25) is 5.91 Å². The summed E-state index contributed by atoms with van der Waals surface area (Å²) in [7, 11) is 3.00. The van der Waals surface area contributed by atoms with Gasteiger partial charge in [-0.15, -0.1) is 0 Å². The Kier molecular flexibility index (Phi) is 9.28. The summed E-state index contributed by atoms with van der Waals surface area (Å²) in [6, 6.07) is -2.13. The first kappa shape index (κ1) is 27.8. The number of likely N-dealkylation sites (N-methyl/N-ethyl adjacent to an activating group) is 1. The number of methoxy groups -OCH3 is 1. The normalized spacial score (nSPS) is 23.3. The number of nitrogens with zero attached hydrogens (tertiary/aromatic N) is 3. The van der Waals surface area contributed by atoms with Crippen LogP contribution >= 0.6 is 0 Å². The lowest BCUT2D eigenvalue weighted by molar-refractivity contribution is -0.156. The van der Waals surface area contributed by atoms with Gasteiger partial charge in [-0.1, -0.05) is 48.0 Å². The largest absolute Gasteiger partial charge is 0.499 e. The van der Waals surface area contributed by atoms with Gasteiger partial charge in [0, 0.05) is 19.7 Å². The van der Waals surface area contributed by atoms with Crippen LogP contribution in [0.15, 0.2) is 11.8 Å². The molecular formula is C25H41N3O6. The van der Waals surface area contributed by atoms with Crippen molar-refractivity contribution < 1.29 is 29.0 Å². The molecule has 0 bridgehead atoms. The summed E-state index contributed by atoms with van der Waals surface area (Å²) in [5.41, 5.74) is 0. The van der Waals surface area contributed by atoms with Crippen LogP contribution in [0.25, 0.3) is 0 Å². The molecule has 2 aliphatic rings. The van der Waals surface area contributed by atoms with E-state index in [2.05, 4.69) is 0 Å². The van der Waals surface area contributed by atoms with Crippen molar-refractivity contribution in [3.05, 3.63) is 11.8 Å². The molecule has 0 saturated carbocycles. The van der Waals surface area contributed by atoms with Crippen molar-refractivity contribution in [1.82, 2.24) is 14.7 Å². The molecule has 1 fully saturated rings. The number of hydrogen-bond donors (Lipinski definition) is 1. The predicted molar refractivity (Wildman–Crippen MR) is 127 cm³/mol. The molecular weight excluding hydrogens is 438 g/mol. The first-order valence-corrected chi connectivity index (χ1v) is 12.3. The first-order valence-electron chi connectivity index (χ1n) is 12.3. The highest BCUT2D eigenvalue weighted by molar-refractivity contribution is 6.07. The van der Waals surface area contributed by atoms with Crippen molar-refractivity contribution in [3.8, 4) is 0 Å².